The Kier molecular flexibility index (Phi) is 1.84. The number of nitrogens with zero attached hydrogens (tertiary/aromatic N) is 1. The van der Waals surface area contributed by atoms with Gasteiger partial charge in [0.05, 0.1) is 0 Å². The maximum absolute atomic E-state index is 9.72. The summed E-state index contributed by atoms with van der Waals surface area (Å²) in [7, 11) is 0. The van der Waals surface area contributed by atoms with Gasteiger partial charge >= 0.3 is 5.97 Å². The largest absolute Gasteiger partial charge is 0.477 e. The number of aliphatic carboxylic acids is 1. The summed E-state index contributed by atoms with van der Waals surface area (Å²) >= 11 is 0. The van der Waals surface area contributed by atoms with E-state index >= 15 is 0 Å². The molecule has 0 aliphatic carbocycles. The molecular weight excluding hydrogens is 96.0 g/mol. The van der Waals surface area contributed by atoms with Gasteiger partial charge in [-0.3, -0.25) is 0 Å². The molecule has 0 fully saturated rings. The smallest absolute Gasteiger partial charge is 0.351 e. The number of carboxylic acid groups (broad SMARTS) is 1. The van der Waals surface area contributed by atoms with E-state index < -0.39 is 5.97 Å². The van der Waals surface area contributed by atoms with E-state index in [-0.39, 0.29) is 5.71 Å². The molecule has 7 heavy (non-hydrogen) atoms. The topological polar surface area (TPSA) is 75.7 Å². The fourth-order valence-corrected chi connectivity index (χ4v) is 0.0552. The molecule has 0 aromatic carbocycles. The molecule has 0 rings (SSSR count). The highest BCUT2D eigenvalue weighted by molar-refractivity contribution is 6.34. The first-order valence-electron chi connectivity index (χ1n) is 1.66. The lowest BCUT2D eigenvalue weighted by atomic mass is 10.4. The van der Waals surface area contributed by atoms with Crippen LogP contribution in [0.5, 0.6) is 0 Å². The average molecular weight is 102 g/mol. The van der Waals surface area contributed by atoms with E-state index in [0.29, 0.717) is 0 Å². The summed E-state index contributed by atoms with van der Waals surface area (Å²) in [5, 5.41) is 10.9. The van der Waals surface area contributed by atoms with E-state index in [2.05, 4.69) is 10.9 Å². The monoisotopic (exact) mass is 102 g/mol. The highest BCUT2D eigenvalue weighted by Gasteiger charge is 1.97. The van der Waals surface area contributed by atoms with Gasteiger partial charge in [0.15, 0.2) is 0 Å². The van der Waals surface area contributed by atoms with Crippen LogP contribution in [0.4, 0.5) is 0 Å². The number of nitrogens with two attached hydrogens (primary N) is 1. The van der Waals surface area contributed by atoms with Crippen LogP contribution < -0.4 is 5.84 Å². The van der Waals surface area contributed by atoms with Gasteiger partial charge in [-0.25, -0.2) is 4.79 Å². The quantitative estimate of drug-likeness (QED) is 0.264. The average Bonchev–Trinajstić information content (AvgIpc) is 1.65. The highest BCUT2D eigenvalue weighted by Crippen LogP contribution is 1.68. The molecule has 0 aliphatic heterocycles. The van der Waals surface area contributed by atoms with Crippen molar-refractivity contribution in [2.45, 2.75) is 6.92 Å². The van der Waals surface area contributed by atoms with Crippen LogP contribution in [0.15, 0.2) is 5.10 Å². The van der Waals surface area contributed by atoms with E-state index in [1.807, 2.05) is 0 Å². The number of carboxylic acids is 1. The lowest BCUT2D eigenvalue weighted by molar-refractivity contribution is -0.129. The van der Waals surface area contributed by atoms with Gasteiger partial charge in [0.25, 0.3) is 0 Å². The van der Waals surface area contributed by atoms with Crippen LogP contribution in [0, 0.1) is 0 Å². The minimum absolute atomic E-state index is 0.0833. The maximum atomic E-state index is 9.72. The Morgan fingerprint density at radius 2 is 2.29 bits per heavy atom. The number of hydrogen-bond donors (Lipinski definition) is 2. The Labute approximate surface area is 40.6 Å². The third-order valence-corrected chi connectivity index (χ3v) is 0.503. The summed E-state index contributed by atoms with van der Waals surface area (Å²) in [5.41, 5.74) is -0.0833. The van der Waals surface area contributed by atoms with Crippen molar-refractivity contribution in [3.63, 3.8) is 0 Å². The molecule has 0 bridgehead atoms. The van der Waals surface area contributed by atoms with Gasteiger partial charge in [-0.2, -0.15) is 5.10 Å². The van der Waals surface area contributed by atoms with Crippen molar-refractivity contribution >= 4 is 11.7 Å². The molecule has 4 heteroatoms. The van der Waals surface area contributed by atoms with Crippen molar-refractivity contribution < 1.29 is 9.90 Å². The molecule has 0 radical (unpaired) electrons. The van der Waals surface area contributed by atoms with E-state index in [4.69, 9.17) is 5.11 Å². The Hall–Kier alpha value is -1.06. The van der Waals surface area contributed by atoms with Crippen LogP contribution in [-0.2, 0) is 4.79 Å². The zero-order chi connectivity index (χ0) is 5.86. The molecule has 0 aliphatic rings. The maximum Gasteiger partial charge on any atom is 0.351 e. The molecule has 0 heterocycles. The van der Waals surface area contributed by atoms with Crippen molar-refractivity contribution in [1.29, 1.82) is 0 Å². The van der Waals surface area contributed by atoms with Gasteiger partial charge < -0.3 is 10.9 Å². The molecule has 3 N–H and O–H groups in total. The first-order chi connectivity index (χ1) is 3.18. The Morgan fingerprint density at radius 1 is 1.86 bits per heavy atom. The summed E-state index contributed by atoms with van der Waals surface area (Å²) in [4.78, 5) is 9.72. The van der Waals surface area contributed by atoms with E-state index in [1.165, 1.54) is 6.92 Å². The standard InChI is InChI=1S/C3H6N2O2/c1-2(5-4)3(6)7/h4H2,1H3,(H,6,7). The van der Waals surface area contributed by atoms with Crippen molar-refractivity contribution in [1.82, 2.24) is 0 Å². The summed E-state index contributed by atoms with van der Waals surface area (Å²) in [6, 6.07) is 0. The lowest BCUT2D eigenvalue weighted by Gasteiger charge is -1.82. The molecule has 0 atom stereocenters. The SMILES string of the molecule is CC(=NN)C(=O)O. The second kappa shape index (κ2) is 2.17. The molecule has 0 saturated carbocycles. The molecule has 0 aromatic heterocycles. The zero-order valence-corrected chi connectivity index (χ0v) is 3.88. The van der Waals surface area contributed by atoms with Crippen LogP contribution in [0.2, 0.25) is 0 Å². The van der Waals surface area contributed by atoms with Crippen LogP contribution in [0.25, 0.3) is 0 Å². The van der Waals surface area contributed by atoms with Crippen LogP contribution in [-0.4, -0.2) is 16.8 Å². The van der Waals surface area contributed by atoms with Gasteiger partial charge in [-0.05, 0) is 6.92 Å². The predicted octanol–water partition coefficient (Wildman–Crippen LogP) is -0.594. The van der Waals surface area contributed by atoms with Crippen LogP contribution >= 0.6 is 0 Å². The van der Waals surface area contributed by atoms with Crippen LogP contribution in [0.1, 0.15) is 6.92 Å². The molecule has 0 spiro atoms. The Bertz CT molecular complexity index is 108. The predicted molar refractivity (Wildman–Crippen MR) is 24.9 cm³/mol. The van der Waals surface area contributed by atoms with E-state index in [0.717, 1.165) is 0 Å². The van der Waals surface area contributed by atoms with Crippen molar-refractivity contribution in [2.24, 2.45) is 10.9 Å². The van der Waals surface area contributed by atoms with Crippen molar-refractivity contribution in [3.05, 3.63) is 0 Å². The summed E-state index contributed by atoms with van der Waals surface area (Å²) < 4.78 is 0. The van der Waals surface area contributed by atoms with Gasteiger partial charge in [0, 0.05) is 0 Å². The third kappa shape index (κ3) is 1.75. The first-order valence-corrected chi connectivity index (χ1v) is 1.66. The second-order valence-electron chi connectivity index (χ2n) is 1.02. The lowest BCUT2D eigenvalue weighted by Crippen LogP contribution is -2.09. The van der Waals surface area contributed by atoms with Gasteiger partial charge in [0.2, 0.25) is 0 Å². The van der Waals surface area contributed by atoms with Crippen molar-refractivity contribution in [3.8, 4) is 0 Å². The van der Waals surface area contributed by atoms with E-state index in [9.17, 15) is 4.79 Å². The van der Waals surface area contributed by atoms with Crippen LogP contribution in [0.3, 0.4) is 0 Å². The number of hydrogen-bond acceptors (Lipinski definition) is 3. The van der Waals surface area contributed by atoms with Crippen molar-refractivity contribution in [2.75, 3.05) is 0 Å². The fraction of sp³-hybridized carbons (Fsp3) is 0.333. The normalized spacial score (nSPS) is 11.3. The highest BCUT2D eigenvalue weighted by atomic mass is 16.4. The summed E-state index contributed by atoms with van der Waals surface area (Å²) in [6.45, 7) is 1.32. The number of rotatable bonds is 1. The summed E-state index contributed by atoms with van der Waals surface area (Å²) in [6.07, 6.45) is 0. The Morgan fingerprint density at radius 3 is 2.29 bits per heavy atom. The van der Waals surface area contributed by atoms with Gasteiger partial charge in [-0.15, -0.1) is 0 Å². The molecule has 40 valence electrons. The minimum atomic E-state index is -1.08. The molecular formula is C3H6N2O2. The Balaban J connectivity index is 3.82. The first kappa shape index (κ1) is 5.94. The fourth-order valence-electron chi connectivity index (χ4n) is 0.0552. The molecule has 0 unspecified atom stereocenters. The second-order valence-corrected chi connectivity index (χ2v) is 1.02. The third-order valence-electron chi connectivity index (χ3n) is 0.503. The minimum Gasteiger partial charge on any atom is -0.477 e. The molecule has 0 saturated heterocycles. The van der Waals surface area contributed by atoms with Gasteiger partial charge in [0.1, 0.15) is 5.71 Å². The number of hydrazone groups is 1. The van der Waals surface area contributed by atoms with E-state index in [1.54, 1.807) is 0 Å². The zero-order valence-electron chi connectivity index (χ0n) is 3.88. The van der Waals surface area contributed by atoms with Gasteiger partial charge in [-0.1, -0.05) is 0 Å². The molecule has 0 aromatic rings. The summed E-state index contributed by atoms with van der Waals surface area (Å²) in [5.74, 6) is 3.50. The molecule has 0 amide bonds. The molecule has 4 nitrogen and oxygen atoms in total. The number of carbonyl (C=O) groups is 1.